The van der Waals surface area contributed by atoms with E-state index in [0.29, 0.717) is 19.7 Å². The minimum Gasteiger partial charge on any atom is -0.469 e. The van der Waals surface area contributed by atoms with E-state index in [9.17, 15) is 9.59 Å². The van der Waals surface area contributed by atoms with Gasteiger partial charge in [0.25, 0.3) is 0 Å². The molecule has 0 aromatic heterocycles. The molecule has 1 amide bonds. The summed E-state index contributed by atoms with van der Waals surface area (Å²) < 4.78 is 10.2. The predicted molar refractivity (Wildman–Crippen MR) is 68.6 cm³/mol. The molecule has 0 spiro atoms. The molecular weight excluding hydrogens is 248 g/mol. The number of hydrogen-bond acceptors (Lipinski definition) is 5. The number of hydrogen-bond donors (Lipinski definition) is 0. The van der Waals surface area contributed by atoms with Gasteiger partial charge in [0.05, 0.1) is 32.8 Å². The van der Waals surface area contributed by atoms with Crippen LogP contribution in [0.5, 0.6) is 0 Å². The van der Waals surface area contributed by atoms with Crippen LogP contribution >= 0.6 is 0 Å². The van der Waals surface area contributed by atoms with Crippen LogP contribution in [0.25, 0.3) is 0 Å². The average Bonchev–Trinajstić information content (AvgIpc) is 2.93. The van der Waals surface area contributed by atoms with Gasteiger partial charge >= 0.3 is 5.97 Å². The molecule has 6 nitrogen and oxygen atoms in total. The fraction of sp³-hybridized carbons (Fsp3) is 0.846. The van der Waals surface area contributed by atoms with E-state index in [0.717, 1.165) is 32.5 Å². The van der Waals surface area contributed by atoms with Crippen molar-refractivity contribution in [3.8, 4) is 0 Å². The van der Waals surface area contributed by atoms with Crippen molar-refractivity contribution in [2.75, 3.05) is 46.4 Å². The maximum absolute atomic E-state index is 12.1. The molecule has 0 radical (unpaired) electrons. The van der Waals surface area contributed by atoms with Gasteiger partial charge < -0.3 is 14.4 Å². The number of carbonyl (C=O) groups excluding carboxylic acids is 2. The summed E-state index contributed by atoms with van der Waals surface area (Å²) in [4.78, 5) is 27.3. The van der Waals surface area contributed by atoms with Crippen LogP contribution in [-0.4, -0.2) is 74.2 Å². The van der Waals surface area contributed by atoms with Crippen molar-refractivity contribution in [1.29, 1.82) is 0 Å². The highest BCUT2D eigenvalue weighted by atomic mass is 16.5. The van der Waals surface area contributed by atoms with Gasteiger partial charge in [0.15, 0.2) is 0 Å². The summed E-state index contributed by atoms with van der Waals surface area (Å²) in [5.41, 5.74) is 0. The Labute approximate surface area is 113 Å². The van der Waals surface area contributed by atoms with Crippen molar-refractivity contribution < 1.29 is 19.1 Å². The maximum Gasteiger partial charge on any atom is 0.308 e. The minimum atomic E-state index is -0.266. The summed E-state index contributed by atoms with van der Waals surface area (Å²) in [7, 11) is 1.37. The Kier molecular flexibility index (Phi) is 5.15. The van der Waals surface area contributed by atoms with Gasteiger partial charge in [-0.25, -0.2) is 0 Å². The van der Waals surface area contributed by atoms with Gasteiger partial charge in [-0.05, 0) is 12.8 Å². The molecule has 108 valence electrons. The van der Waals surface area contributed by atoms with E-state index in [1.54, 1.807) is 0 Å². The molecular formula is C13H22N2O4. The third-order valence-corrected chi connectivity index (χ3v) is 3.66. The molecule has 6 heteroatoms. The second kappa shape index (κ2) is 6.86. The number of morpholine rings is 1. The van der Waals surface area contributed by atoms with Gasteiger partial charge in [-0.3, -0.25) is 14.5 Å². The van der Waals surface area contributed by atoms with Crippen molar-refractivity contribution in [2.45, 2.75) is 25.4 Å². The smallest absolute Gasteiger partial charge is 0.308 e. The van der Waals surface area contributed by atoms with Crippen LogP contribution in [0.2, 0.25) is 0 Å². The topological polar surface area (TPSA) is 59.1 Å². The summed E-state index contributed by atoms with van der Waals surface area (Å²) in [5.74, 6) is -0.0751. The third kappa shape index (κ3) is 4.18. The first kappa shape index (κ1) is 14.3. The first-order chi connectivity index (χ1) is 9.19. The van der Waals surface area contributed by atoms with Gasteiger partial charge in [-0.2, -0.15) is 0 Å². The van der Waals surface area contributed by atoms with Gasteiger partial charge in [-0.1, -0.05) is 0 Å². The Morgan fingerprint density at radius 1 is 1.26 bits per heavy atom. The summed E-state index contributed by atoms with van der Waals surface area (Å²) in [6.45, 7) is 4.13. The van der Waals surface area contributed by atoms with Gasteiger partial charge in [0.2, 0.25) is 5.91 Å². The first-order valence-electron chi connectivity index (χ1n) is 6.87. The monoisotopic (exact) mass is 270 g/mol. The van der Waals surface area contributed by atoms with Crippen molar-refractivity contribution in [3.05, 3.63) is 0 Å². The summed E-state index contributed by atoms with van der Waals surface area (Å²) in [5, 5.41) is 0. The molecule has 2 aliphatic rings. The molecule has 19 heavy (non-hydrogen) atoms. The first-order valence-corrected chi connectivity index (χ1v) is 6.87. The van der Waals surface area contributed by atoms with Crippen LogP contribution < -0.4 is 0 Å². The quantitative estimate of drug-likeness (QED) is 0.666. The zero-order valence-corrected chi connectivity index (χ0v) is 11.5. The molecule has 0 N–H and O–H groups in total. The van der Waals surface area contributed by atoms with E-state index >= 15 is 0 Å². The minimum absolute atomic E-state index is 0.160. The molecule has 2 aliphatic heterocycles. The number of nitrogens with zero attached hydrogens (tertiary/aromatic N) is 2. The molecule has 0 aliphatic carbocycles. The molecule has 0 bridgehead atoms. The fourth-order valence-corrected chi connectivity index (χ4v) is 2.57. The molecule has 1 unspecified atom stereocenters. The van der Waals surface area contributed by atoms with E-state index in [1.165, 1.54) is 7.11 Å². The van der Waals surface area contributed by atoms with Gasteiger partial charge in [-0.15, -0.1) is 0 Å². The Bertz CT molecular complexity index is 329. The molecule has 2 rings (SSSR count). The van der Waals surface area contributed by atoms with Crippen LogP contribution in [0.3, 0.4) is 0 Å². The molecule has 0 saturated carbocycles. The molecule has 1 atom stereocenters. The normalized spacial score (nSPS) is 24.5. The maximum atomic E-state index is 12.1. The van der Waals surface area contributed by atoms with Crippen LogP contribution in [0, 0.1) is 0 Å². The Morgan fingerprint density at radius 3 is 2.68 bits per heavy atom. The van der Waals surface area contributed by atoms with Crippen molar-refractivity contribution in [1.82, 2.24) is 9.80 Å². The molecule has 0 aromatic rings. The summed E-state index contributed by atoms with van der Waals surface area (Å²) in [6, 6.07) is 0. The average molecular weight is 270 g/mol. The highest BCUT2D eigenvalue weighted by Crippen LogP contribution is 2.12. The standard InChI is InChI=1S/C13H22N2O4/c1-18-13(17)8-11-9-14(6-7-19-11)10-12(16)15-4-2-3-5-15/h11H,2-10H2,1H3. The number of carbonyl (C=O) groups is 2. The zero-order valence-electron chi connectivity index (χ0n) is 11.5. The summed E-state index contributed by atoms with van der Waals surface area (Å²) >= 11 is 0. The lowest BCUT2D eigenvalue weighted by Gasteiger charge is -2.32. The number of esters is 1. The van der Waals surface area contributed by atoms with E-state index in [1.807, 2.05) is 4.90 Å². The number of amides is 1. The largest absolute Gasteiger partial charge is 0.469 e. The van der Waals surface area contributed by atoms with Crippen LogP contribution in [-0.2, 0) is 19.1 Å². The van der Waals surface area contributed by atoms with Crippen LogP contribution in [0.4, 0.5) is 0 Å². The molecule has 2 heterocycles. The highest BCUT2D eigenvalue weighted by Gasteiger charge is 2.26. The number of rotatable bonds is 4. The van der Waals surface area contributed by atoms with Crippen molar-refractivity contribution in [2.24, 2.45) is 0 Å². The van der Waals surface area contributed by atoms with Gasteiger partial charge in [0.1, 0.15) is 0 Å². The highest BCUT2D eigenvalue weighted by molar-refractivity contribution is 5.78. The molecule has 2 fully saturated rings. The van der Waals surface area contributed by atoms with Gasteiger partial charge in [0, 0.05) is 26.2 Å². The lowest BCUT2D eigenvalue weighted by atomic mass is 10.2. The predicted octanol–water partition coefficient (Wildman–Crippen LogP) is -0.127. The zero-order chi connectivity index (χ0) is 13.7. The Morgan fingerprint density at radius 2 is 2.00 bits per heavy atom. The Hall–Kier alpha value is -1.14. The van der Waals surface area contributed by atoms with Crippen LogP contribution in [0.1, 0.15) is 19.3 Å². The Balaban J connectivity index is 1.77. The third-order valence-electron chi connectivity index (χ3n) is 3.66. The van der Waals surface area contributed by atoms with E-state index in [4.69, 9.17) is 4.74 Å². The second-order valence-corrected chi connectivity index (χ2v) is 5.10. The second-order valence-electron chi connectivity index (χ2n) is 5.10. The molecule has 0 aromatic carbocycles. The number of methoxy groups -OCH3 is 1. The van der Waals surface area contributed by atoms with E-state index in [-0.39, 0.29) is 24.4 Å². The van der Waals surface area contributed by atoms with E-state index < -0.39 is 0 Å². The van der Waals surface area contributed by atoms with E-state index in [2.05, 4.69) is 9.64 Å². The number of ether oxygens (including phenoxy) is 2. The van der Waals surface area contributed by atoms with Crippen molar-refractivity contribution >= 4 is 11.9 Å². The number of likely N-dealkylation sites (tertiary alicyclic amines) is 1. The lowest BCUT2D eigenvalue weighted by Crippen LogP contribution is -2.47. The summed E-state index contributed by atoms with van der Waals surface area (Å²) in [6.07, 6.45) is 2.32. The lowest BCUT2D eigenvalue weighted by molar-refractivity contribution is -0.146. The van der Waals surface area contributed by atoms with Crippen LogP contribution in [0.15, 0.2) is 0 Å². The SMILES string of the molecule is COC(=O)CC1CN(CC(=O)N2CCCC2)CCO1. The molecule has 2 saturated heterocycles. The fourth-order valence-electron chi connectivity index (χ4n) is 2.57. The van der Waals surface area contributed by atoms with Crippen molar-refractivity contribution in [3.63, 3.8) is 0 Å².